The van der Waals surface area contributed by atoms with Gasteiger partial charge in [0.05, 0.1) is 0 Å². The topological polar surface area (TPSA) is 52.6 Å². The maximum atomic E-state index is 11.3. The zero-order chi connectivity index (χ0) is 14.7. The first-order valence-electron chi connectivity index (χ1n) is 6.60. The monoisotopic (exact) mass is 258 g/mol. The molecule has 0 radical (unpaired) electrons. The molecule has 0 heterocycles. The van der Waals surface area contributed by atoms with Gasteiger partial charge in [0.1, 0.15) is 5.54 Å². The van der Waals surface area contributed by atoms with Crippen molar-refractivity contribution in [3.8, 4) is 0 Å². The summed E-state index contributed by atoms with van der Waals surface area (Å²) >= 11 is 0. The number of carbonyl (C=O) groups is 1. The summed E-state index contributed by atoms with van der Waals surface area (Å²) in [6.07, 6.45) is 0.579. The zero-order valence-corrected chi connectivity index (χ0v) is 13.2. The van der Waals surface area contributed by atoms with Gasteiger partial charge in [-0.05, 0) is 46.7 Å². The molecule has 0 aromatic carbocycles. The molecule has 0 fully saturated rings. The average Bonchev–Trinajstić information content (AvgIpc) is 2.25. The van der Waals surface area contributed by atoms with Gasteiger partial charge in [-0.25, -0.2) is 0 Å². The number of likely N-dealkylation sites (N-methyl/N-ethyl adjacent to an activating group) is 1. The van der Waals surface area contributed by atoms with Crippen molar-refractivity contribution in [3.63, 3.8) is 0 Å². The van der Waals surface area contributed by atoms with Gasteiger partial charge >= 0.3 is 5.97 Å². The third-order valence-corrected chi connectivity index (χ3v) is 4.29. The van der Waals surface area contributed by atoms with Gasteiger partial charge in [-0.15, -0.1) is 0 Å². The number of carboxylic acid groups (broad SMARTS) is 1. The third kappa shape index (κ3) is 4.25. The number of hydrogen-bond donors (Lipinski definition) is 2. The lowest BCUT2D eigenvalue weighted by molar-refractivity contribution is -0.144. The van der Waals surface area contributed by atoms with Crippen molar-refractivity contribution in [2.45, 2.75) is 65.6 Å². The molecule has 0 bridgehead atoms. The standard InChI is InChI=1S/C14H30N2O2/c1-10(9-14(6,15-7)12(17)18)16(8)11(2)13(3,4)5/h10-11,15H,9H2,1-8H3,(H,17,18). The van der Waals surface area contributed by atoms with Crippen LogP contribution in [-0.4, -0.2) is 47.7 Å². The largest absolute Gasteiger partial charge is 0.480 e. The molecule has 0 aliphatic rings. The molecule has 0 rings (SSSR count). The number of nitrogens with one attached hydrogen (secondary N) is 1. The Morgan fingerprint density at radius 2 is 1.72 bits per heavy atom. The van der Waals surface area contributed by atoms with E-state index in [1.807, 2.05) is 0 Å². The quantitative estimate of drug-likeness (QED) is 0.767. The van der Waals surface area contributed by atoms with Crippen LogP contribution < -0.4 is 5.32 Å². The van der Waals surface area contributed by atoms with Crippen LogP contribution in [0.15, 0.2) is 0 Å². The van der Waals surface area contributed by atoms with Gasteiger partial charge in [-0.1, -0.05) is 20.8 Å². The fourth-order valence-electron chi connectivity index (χ4n) is 2.02. The first kappa shape index (κ1) is 17.4. The van der Waals surface area contributed by atoms with Gasteiger partial charge < -0.3 is 15.3 Å². The van der Waals surface area contributed by atoms with Crippen LogP contribution >= 0.6 is 0 Å². The number of hydrogen-bond acceptors (Lipinski definition) is 3. The predicted octanol–water partition coefficient (Wildman–Crippen LogP) is 2.19. The van der Waals surface area contributed by atoms with Crippen molar-refractivity contribution in [1.29, 1.82) is 0 Å². The Morgan fingerprint density at radius 3 is 2.00 bits per heavy atom. The molecule has 0 spiro atoms. The minimum atomic E-state index is -0.870. The lowest BCUT2D eigenvalue weighted by Crippen LogP contribution is -2.53. The molecule has 0 saturated carbocycles. The molecule has 0 aromatic rings. The van der Waals surface area contributed by atoms with E-state index in [9.17, 15) is 9.90 Å². The van der Waals surface area contributed by atoms with Crippen LogP contribution in [0.1, 0.15) is 48.0 Å². The van der Waals surface area contributed by atoms with Crippen molar-refractivity contribution in [2.24, 2.45) is 5.41 Å². The number of nitrogens with zero attached hydrogens (tertiary/aromatic N) is 1. The van der Waals surface area contributed by atoms with Gasteiger partial charge in [0, 0.05) is 12.1 Å². The number of aliphatic carboxylic acids is 1. The Hall–Kier alpha value is -0.610. The van der Waals surface area contributed by atoms with Crippen molar-refractivity contribution >= 4 is 5.97 Å². The summed E-state index contributed by atoms with van der Waals surface area (Å²) in [4.78, 5) is 13.6. The maximum absolute atomic E-state index is 11.3. The highest BCUT2D eigenvalue weighted by atomic mass is 16.4. The van der Waals surface area contributed by atoms with Crippen LogP contribution in [0.4, 0.5) is 0 Å². The fraction of sp³-hybridized carbons (Fsp3) is 0.929. The first-order valence-corrected chi connectivity index (χ1v) is 6.60. The smallest absolute Gasteiger partial charge is 0.323 e. The summed E-state index contributed by atoms with van der Waals surface area (Å²) < 4.78 is 0. The van der Waals surface area contributed by atoms with E-state index in [0.29, 0.717) is 12.5 Å². The lowest BCUT2D eigenvalue weighted by atomic mass is 9.85. The van der Waals surface area contributed by atoms with E-state index < -0.39 is 11.5 Å². The van der Waals surface area contributed by atoms with Crippen molar-refractivity contribution < 1.29 is 9.90 Å². The van der Waals surface area contributed by atoms with Crippen LogP contribution in [0.5, 0.6) is 0 Å². The second-order valence-electron chi connectivity index (χ2n) is 6.65. The van der Waals surface area contributed by atoms with E-state index in [1.54, 1.807) is 14.0 Å². The third-order valence-electron chi connectivity index (χ3n) is 4.29. The highest BCUT2D eigenvalue weighted by Gasteiger charge is 2.36. The van der Waals surface area contributed by atoms with Crippen LogP contribution in [0.3, 0.4) is 0 Å². The Bertz CT molecular complexity index is 286. The van der Waals surface area contributed by atoms with E-state index in [2.05, 4.69) is 51.9 Å². The molecule has 0 aromatic heterocycles. The average molecular weight is 258 g/mol. The van der Waals surface area contributed by atoms with Crippen molar-refractivity contribution in [3.05, 3.63) is 0 Å². The molecule has 2 N–H and O–H groups in total. The minimum Gasteiger partial charge on any atom is -0.480 e. The molecule has 18 heavy (non-hydrogen) atoms. The molecule has 3 atom stereocenters. The fourth-order valence-corrected chi connectivity index (χ4v) is 2.02. The van der Waals surface area contributed by atoms with Crippen molar-refractivity contribution in [2.75, 3.05) is 14.1 Å². The second-order valence-corrected chi connectivity index (χ2v) is 6.65. The van der Waals surface area contributed by atoms with Crippen LogP contribution in [-0.2, 0) is 4.79 Å². The van der Waals surface area contributed by atoms with E-state index >= 15 is 0 Å². The van der Waals surface area contributed by atoms with Crippen LogP contribution in [0, 0.1) is 5.41 Å². The minimum absolute atomic E-state index is 0.183. The molecular weight excluding hydrogens is 228 g/mol. The first-order chi connectivity index (χ1) is 7.95. The van der Waals surface area contributed by atoms with Gasteiger partial charge in [0.25, 0.3) is 0 Å². The highest BCUT2D eigenvalue weighted by Crippen LogP contribution is 2.26. The number of carboxylic acids is 1. The van der Waals surface area contributed by atoms with Gasteiger partial charge in [0.2, 0.25) is 0 Å². The summed E-state index contributed by atoms with van der Waals surface area (Å²) in [5.74, 6) is -0.798. The van der Waals surface area contributed by atoms with Gasteiger partial charge in [-0.3, -0.25) is 4.79 Å². The predicted molar refractivity (Wildman–Crippen MR) is 75.9 cm³/mol. The molecule has 3 unspecified atom stereocenters. The SMILES string of the molecule is CNC(C)(CC(C)N(C)C(C)C(C)(C)C)C(=O)O. The molecular formula is C14H30N2O2. The van der Waals surface area contributed by atoms with Gasteiger partial charge in [0.15, 0.2) is 0 Å². The van der Waals surface area contributed by atoms with E-state index in [0.717, 1.165) is 0 Å². The van der Waals surface area contributed by atoms with E-state index in [-0.39, 0.29) is 11.5 Å². The molecule has 0 amide bonds. The lowest BCUT2D eigenvalue weighted by Gasteiger charge is -2.41. The summed E-state index contributed by atoms with van der Waals surface area (Å²) in [5, 5.41) is 12.2. The Labute approximate surface area is 112 Å². The second kappa shape index (κ2) is 6.02. The molecule has 108 valence electrons. The number of rotatable bonds is 6. The Morgan fingerprint density at radius 1 is 1.28 bits per heavy atom. The normalized spacial score (nSPS) is 19.4. The highest BCUT2D eigenvalue weighted by molar-refractivity contribution is 5.78. The molecule has 0 saturated heterocycles. The van der Waals surface area contributed by atoms with Crippen LogP contribution in [0.2, 0.25) is 0 Å². The molecule has 0 aliphatic heterocycles. The molecule has 4 heteroatoms. The zero-order valence-electron chi connectivity index (χ0n) is 13.2. The van der Waals surface area contributed by atoms with Crippen molar-refractivity contribution in [1.82, 2.24) is 10.2 Å². The van der Waals surface area contributed by atoms with E-state index in [4.69, 9.17) is 0 Å². The molecule has 0 aliphatic carbocycles. The van der Waals surface area contributed by atoms with Crippen LogP contribution in [0.25, 0.3) is 0 Å². The maximum Gasteiger partial charge on any atom is 0.323 e. The Kier molecular flexibility index (Phi) is 5.82. The van der Waals surface area contributed by atoms with E-state index in [1.165, 1.54) is 0 Å². The summed E-state index contributed by atoms with van der Waals surface area (Å²) in [6.45, 7) is 12.6. The molecule has 4 nitrogen and oxygen atoms in total. The Balaban J connectivity index is 4.77. The summed E-state index contributed by atoms with van der Waals surface area (Å²) in [6, 6.07) is 0.593. The summed E-state index contributed by atoms with van der Waals surface area (Å²) in [5.41, 5.74) is -0.687. The summed E-state index contributed by atoms with van der Waals surface area (Å²) in [7, 11) is 3.77. The van der Waals surface area contributed by atoms with Gasteiger partial charge in [-0.2, -0.15) is 0 Å².